The van der Waals surface area contributed by atoms with Gasteiger partial charge in [-0.2, -0.15) is 0 Å². The van der Waals surface area contributed by atoms with Crippen LogP contribution in [-0.2, 0) is 4.79 Å². The normalized spacial score (nSPS) is 9.95. The molecular formula is C17H17NO4. The number of methoxy groups -OCH3 is 1. The third-order valence-corrected chi connectivity index (χ3v) is 2.98. The molecule has 0 saturated heterocycles. The second-order valence-corrected chi connectivity index (χ2v) is 4.78. The molecule has 0 aliphatic rings. The Bertz CT molecular complexity index is 692. The van der Waals surface area contributed by atoms with Crippen molar-refractivity contribution in [1.82, 2.24) is 0 Å². The van der Waals surface area contributed by atoms with Crippen molar-refractivity contribution < 1.29 is 19.1 Å². The summed E-state index contributed by atoms with van der Waals surface area (Å²) in [6.07, 6.45) is 0. The van der Waals surface area contributed by atoms with Crippen LogP contribution in [0.1, 0.15) is 22.8 Å². The molecule has 0 unspecified atom stereocenters. The van der Waals surface area contributed by atoms with E-state index in [0.29, 0.717) is 22.7 Å². The minimum atomic E-state index is -0.401. The van der Waals surface area contributed by atoms with E-state index < -0.39 is 5.97 Å². The summed E-state index contributed by atoms with van der Waals surface area (Å²) in [5, 5.41) is 2.81. The second kappa shape index (κ2) is 6.76. The Balaban J connectivity index is 2.15. The standard InChI is InChI=1S/C17H17NO4/c1-11-4-9-16(21-3)15(10-11)18-17(20)13-5-7-14(8-6-13)22-12(2)19/h4-10H,1-3H3,(H,18,20). The number of nitrogens with one attached hydrogen (secondary N) is 1. The van der Waals surface area contributed by atoms with Gasteiger partial charge in [-0.1, -0.05) is 6.07 Å². The van der Waals surface area contributed by atoms with Gasteiger partial charge in [-0.25, -0.2) is 0 Å². The molecule has 1 amide bonds. The lowest BCUT2D eigenvalue weighted by Crippen LogP contribution is -2.13. The molecule has 5 nitrogen and oxygen atoms in total. The molecule has 0 saturated carbocycles. The van der Waals surface area contributed by atoms with Gasteiger partial charge >= 0.3 is 5.97 Å². The maximum atomic E-state index is 12.3. The zero-order valence-corrected chi connectivity index (χ0v) is 12.7. The number of carbonyl (C=O) groups is 2. The first-order chi connectivity index (χ1) is 10.5. The number of carbonyl (C=O) groups excluding carboxylic acids is 2. The van der Waals surface area contributed by atoms with Crippen LogP contribution >= 0.6 is 0 Å². The summed E-state index contributed by atoms with van der Waals surface area (Å²) >= 11 is 0. The predicted molar refractivity (Wildman–Crippen MR) is 83.4 cm³/mol. The molecule has 0 radical (unpaired) electrons. The Labute approximate surface area is 128 Å². The first kappa shape index (κ1) is 15.6. The summed E-state index contributed by atoms with van der Waals surface area (Å²) in [6, 6.07) is 11.9. The lowest BCUT2D eigenvalue weighted by Gasteiger charge is -2.11. The molecular weight excluding hydrogens is 282 g/mol. The predicted octanol–water partition coefficient (Wildman–Crippen LogP) is 3.18. The van der Waals surface area contributed by atoms with Crippen LogP contribution < -0.4 is 14.8 Å². The molecule has 0 aliphatic heterocycles. The van der Waals surface area contributed by atoms with Crippen molar-refractivity contribution in [2.75, 3.05) is 12.4 Å². The van der Waals surface area contributed by atoms with Gasteiger partial charge in [0.15, 0.2) is 0 Å². The molecule has 0 heterocycles. The Morgan fingerprint density at radius 2 is 1.73 bits per heavy atom. The minimum absolute atomic E-state index is 0.265. The Hall–Kier alpha value is -2.82. The monoisotopic (exact) mass is 299 g/mol. The number of hydrogen-bond donors (Lipinski definition) is 1. The lowest BCUT2D eigenvalue weighted by atomic mass is 10.1. The number of hydrogen-bond acceptors (Lipinski definition) is 4. The van der Waals surface area contributed by atoms with Crippen molar-refractivity contribution >= 4 is 17.6 Å². The Kier molecular flexibility index (Phi) is 4.78. The quantitative estimate of drug-likeness (QED) is 0.695. The van der Waals surface area contributed by atoms with Crippen molar-refractivity contribution in [3.05, 3.63) is 53.6 Å². The second-order valence-electron chi connectivity index (χ2n) is 4.78. The summed E-state index contributed by atoms with van der Waals surface area (Å²) in [4.78, 5) is 23.1. The number of benzene rings is 2. The first-order valence-electron chi connectivity index (χ1n) is 6.74. The first-order valence-corrected chi connectivity index (χ1v) is 6.74. The molecule has 2 aromatic rings. The molecule has 114 valence electrons. The largest absolute Gasteiger partial charge is 0.495 e. The van der Waals surface area contributed by atoms with Crippen molar-refractivity contribution in [1.29, 1.82) is 0 Å². The van der Waals surface area contributed by atoms with Crippen molar-refractivity contribution in [3.8, 4) is 11.5 Å². The molecule has 0 aliphatic carbocycles. The third-order valence-electron chi connectivity index (χ3n) is 2.98. The molecule has 2 rings (SSSR count). The Morgan fingerprint density at radius 3 is 2.32 bits per heavy atom. The van der Waals surface area contributed by atoms with Gasteiger partial charge in [0, 0.05) is 12.5 Å². The van der Waals surface area contributed by atoms with E-state index in [9.17, 15) is 9.59 Å². The molecule has 2 aromatic carbocycles. The molecule has 0 spiro atoms. The number of rotatable bonds is 4. The number of aryl methyl sites for hydroxylation is 1. The fourth-order valence-electron chi connectivity index (χ4n) is 1.95. The molecule has 0 aromatic heterocycles. The third kappa shape index (κ3) is 3.85. The van der Waals surface area contributed by atoms with Gasteiger partial charge < -0.3 is 14.8 Å². The van der Waals surface area contributed by atoms with E-state index >= 15 is 0 Å². The number of amides is 1. The van der Waals surface area contributed by atoms with Gasteiger partial charge in [0.2, 0.25) is 0 Å². The van der Waals surface area contributed by atoms with Crippen LogP contribution in [0.2, 0.25) is 0 Å². The van der Waals surface area contributed by atoms with E-state index in [2.05, 4.69) is 5.32 Å². The highest BCUT2D eigenvalue weighted by atomic mass is 16.5. The fraction of sp³-hybridized carbons (Fsp3) is 0.176. The van der Waals surface area contributed by atoms with Crippen LogP contribution in [0, 0.1) is 6.92 Å². The van der Waals surface area contributed by atoms with E-state index in [1.165, 1.54) is 6.92 Å². The highest BCUT2D eigenvalue weighted by molar-refractivity contribution is 6.05. The summed E-state index contributed by atoms with van der Waals surface area (Å²) in [6.45, 7) is 3.26. The van der Waals surface area contributed by atoms with Gasteiger partial charge in [-0.15, -0.1) is 0 Å². The van der Waals surface area contributed by atoms with Gasteiger partial charge in [-0.05, 0) is 48.9 Å². The van der Waals surface area contributed by atoms with Gasteiger partial charge in [0.25, 0.3) is 5.91 Å². The van der Waals surface area contributed by atoms with Crippen LogP contribution in [0.5, 0.6) is 11.5 Å². The highest BCUT2D eigenvalue weighted by Crippen LogP contribution is 2.26. The smallest absolute Gasteiger partial charge is 0.308 e. The van der Waals surface area contributed by atoms with Gasteiger partial charge in [0.1, 0.15) is 11.5 Å². The topological polar surface area (TPSA) is 64.6 Å². The maximum Gasteiger partial charge on any atom is 0.308 e. The van der Waals surface area contributed by atoms with Crippen LogP contribution in [0.15, 0.2) is 42.5 Å². The molecule has 0 atom stereocenters. The highest BCUT2D eigenvalue weighted by Gasteiger charge is 2.10. The summed E-state index contributed by atoms with van der Waals surface area (Å²) in [5.41, 5.74) is 2.08. The van der Waals surface area contributed by atoms with Crippen molar-refractivity contribution in [3.63, 3.8) is 0 Å². The summed E-state index contributed by atoms with van der Waals surface area (Å²) < 4.78 is 10.2. The van der Waals surface area contributed by atoms with Crippen LogP contribution in [0.3, 0.4) is 0 Å². The van der Waals surface area contributed by atoms with Crippen molar-refractivity contribution in [2.45, 2.75) is 13.8 Å². The molecule has 22 heavy (non-hydrogen) atoms. The Morgan fingerprint density at radius 1 is 1.05 bits per heavy atom. The average Bonchev–Trinajstić information content (AvgIpc) is 2.47. The molecule has 5 heteroatoms. The number of esters is 1. The zero-order chi connectivity index (χ0) is 16.1. The molecule has 0 fully saturated rings. The lowest BCUT2D eigenvalue weighted by molar-refractivity contribution is -0.131. The van der Waals surface area contributed by atoms with Crippen molar-refractivity contribution in [2.24, 2.45) is 0 Å². The van der Waals surface area contributed by atoms with Crippen LogP contribution in [0.25, 0.3) is 0 Å². The van der Waals surface area contributed by atoms with Gasteiger partial charge in [0.05, 0.1) is 12.8 Å². The SMILES string of the molecule is COc1ccc(C)cc1NC(=O)c1ccc(OC(C)=O)cc1. The van der Waals surface area contributed by atoms with E-state index in [-0.39, 0.29) is 5.91 Å². The minimum Gasteiger partial charge on any atom is -0.495 e. The summed E-state index contributed by atoms with van der Waals surface area (Å²) in [7, 11) is 1.55. The maximum absolute atomic E-state index is 12.3. The molecule has 1 N–H and O–H groups in total. The van der Waals surface area contributed by atoms with E-state index in [1.807, 2.05) is 19.1 Å². The average molecular weight is 299 g/mol. The van der Waals surface area contributed by atoms with E-state index in [4.69, 9.17) is 9.47 Å². The van der Waals surface area contributed by atoms with E-state index in [1.54, 1.807) is 37.4 Å². The zero-order valence-electron chi connectivity index (χ0n) is 12.7. The van der Waals surface area contributed by atoms with Gasteiger partial charge in [-0.3, -0.25) is 9.59 Å². The number of ether oxygens (including phenoxy) is 2. The van der Waals surface area contributed by atoms with E-state index in [0.717, 1.165) is 5.56 Å². The van der Waals surface area contributed by atoms with Crippen LogP contribution in [-0.4, -0.2) is 19.0 Å². The molecule has 0 bridgehead atoms. The number of anilines is 1. The summed E-state index contributed by atoms with van der Waals surface area (Å²) in [5.74, 6) is 0.327. The fourth-order valence-corrected chi connectivity index (χ4v) is 1.95. The van der Waals surface area contributed by atoms with Crippen LogP contribution in [0.4, 0.5) is 5.69 Å².